The van der Waals surface area contributed by atoms with Crippen molar-refractivity contribution in [2.24, 2.45) is 5.92 Å². The second kappa shape index (κ2) is 11.8. The number of rotatable bonds is 10. The first-order valence-corrected chi connectivity index (χ1v) is 12.4. The molecule has 0 aliphatic heterocycles. The molecular formula is C27H29ClN6O3. The minimum atomic E-state index is -1.03. The first-order chi connectivity index (χ1) is 17.9. The van der Waals surface area contributed by atoms with E-state index in [-0.39, 0.29) is 12.5 Å². The van der Waals surface area contributed by atoms with Gasteiger partial charge in [-0.15, -0.1) is 5.10 Å². The van der Waals surface area contributed by atoms with Gasteiger partial charge in [0.2, 0.25) is 11.8 Å². The fraction of sp³-hybridized carbons (Fsp3) is 0.296. The van der Waals surface area contributed by atoms with E-state index in [1.807, 2.05) is 24.3 Å². The van der Waals surface area contributed by atoms with Gasteiger partial charge in [-0.2, -0.15) is 0 Å². The van der Waals surface area contributed by atoms with E-state index in [1.54, 1.807) is 42.7 Å². The number of carbonyl (C=O) groups is 2. The van der Waals surface area contributed by atoms with Gasteiger partial charge in [0.1, 0.15) is 23.9 Å². The third-order valence-electron chi connectivity index (χ3n) is 5.90. The van der Waals surface area contributed by atoms with Crippen molar-refractivity contribution in [1.29, 1.82) is 0 Å². The summed E-state index contributed by atoms with van der Waals surface area (Å²) in [6, 6.07) is 14.8. The smallest absolute Gasteiger partial charge is 0.249 e. The molecule has 0 unspecified atom stereocenters. The number of methoxy groups -OCH3 is 1. The van der Waals surface area contributed by atoms with E-state index < -0.39 is 11.9 Å². The minimum Gasteiger partial charge on any atom is -0.495 e. The van der Waals surface area contributed by atoms with Gasteiger partial charge in [0.05, 0.1) is 18.3 Å². The van der Waals surface area contributed by atoms with E-state index >= 15 is 0 Å². The van der Waals surface area contributed by atoms with Crippen LogP contribution in [0.5, 0.6) is 5.75 Å². The minimum absolute atomic E-state index is 0.160. The topological polar surface area (TPSA) is 102 Å². The van der Waals surface area contributed by atoms with Crippen molar-refractivity contribution in [2.75, 3.05) is 18.6 Å². The van der Waals surface area contributed by atoms with Crippen LogP contribution < -0.4 is 15.0 Å². The molecule has 0 radical (unpaired) electrons. The monoisotopic (exact) mass is 520 g/mol. The number of ether oxygens (including phenoxy) is 1. The largest absolute Gasteiger partial charge is 0.495 e. The van der Waals surface area contributed by atoms with Crippen LogP contribution in [-0.4, -0.2) is 45.4 Å². The SMILES string of the molecule is COc1ccc(Cl)cc1N(C(=O)Cn1nnc2ccccc21)[C@H](C(=O)NCCC(C)C)c1cccnc1. The molecule has 0 saturated heterocycles. The number of para-hydroxylation sites is 1. The number of hydrogen-bond acceptors (Lipinski definition) is 6. The average Bonchev–Trinajstić information content (AvgIpc) is 3.30. The van der Waals surface area contributed by atoms with Gasteiger partial charge in [-0.1, -0.05) is 48.9 Å². The molecule has 2 aromatic carbocycles. The number of nitrogens with zero attached hydrogens (tertiary/aromatic N) is 5. The number of anilines is 1. The first-order valence-electron chi connectivity index (χ1n) is 12.0. The molecule has 1 N–H and O–H groups in total. The maximum Gasteiger partial charge on any atom is 0.249 e. The Morgan fingerprint density at radius 2 is 1.95 bits per heavy atom. The van der Waals surface area contributed by atoms with Crippen LogP contribution in [0.2, 0.25) is 5.02 Å². The molecule has 192 valence electrons. The summed E-state index contributed by atoms with van der Waals surface area (Å²) < 4.78 is 7.09. The number of benzene rings is 2. The van der Waals surface area contributed by atoms with Gasteiger partial charge in [0.15, 0.2) is 0 Å². The van der Waals surface area contributed by atoms with E-state index in [0.717, 1.165) is 6.42 Å². The van der Waals surface area contributed by atoms with Crippen LogP contribution in [0.1, 0.15) is 31.9 Å². The van der Waals surface area contributed by atoms with Gasteiger partial charge < -0.3 is 10.1 Å². The summed E-state index contributed by atoms with van der Waals surface area (Å²) >= 11 is 6.36. The molecule has 0 fully saturated rings. The zero-order chi connectivity index (χ0) is 26.4. The molecule has 37 heavy (non-hydrogen) atoms. The number of hydrogen-bond donors (Lipinski definition) is 1. The van der Waals surface area contributed by atoms with Crippen molar-refractivity contribution < 1.29 is 14.3 Å². The van der Waals surface area contributed by atoms with E-state index in [2.05, 4.69) is 34.5 Å². The van der Waals surface area contributed by atoms with Crippen LogP contribution in [-0.2, 0) is 16.1 Å². The highest BCUT2D eigenvalue weighted by atomic mass is 35.5. The normalized spacial score (nSPS) is 11.9. The Morgan fingerprint density at radius 3 is 2.68 bits per heavy atom. The Labute approximate surface area is 220 Å². The number of nitrogens with one attached hydrogen (secondary N) is 1. The molecule has 0 bridgehead atoms. The molecule has 2 amide bonds. The van der Waals surface area contributed by atoms with Crippen molar-refractivity contribution >= 4 is 40.1 Å². The van der Waals surface area contributed by atoms with Gasteiger partial charge >= 0.3 is 0 Å². The van der Waals surface area contributed by atoms with Gasteiger partial charge in [-0.3, -0.25) is 19.5 Å². The van der Waals surface area contributed by atoms with E-state index in [1.165, 1.54) is 16.7 Å². The highest BCUT2D eigenvalue weighted by Crippen LogP contribution is 2.37. The third-order valence-corrected chi connectivity index (χ3v) is 6.14. The Kier molecular flexibility index (Phi) is 8.35. The van der Waals surface area contributed by atoms with Crippen molar-refractivity contribution in [3.05, 3.63) is 77.6 Å². The summed E-state index contributed by atoms with van der Waals surface area (Å²) in [6.45, 7) is 4.47. The molecule has 2 aromatic heterocycles. The van der Waals surface area contributed by atoms with Crippen molar-refractivity contribution in [2.45, 2.75) is 32.9 Å². The lowest BCUT2D eigenvalue weighted by atomic mass is 10.0. The number of aromatic nitrogens is 4. The summed E-state index contributed by atoms with van der Waals surface area (Å²) in [4.78, 5) is 33.4. The highest BCUT2D eigenvalue weighted by Gasteiger charge is 2.35. The third kappa shape index (κ3) is 6.06. The van der Waals surface area contributed by atoms with Gasteiger partial charge in [0.25, 0.3) is 0 Å². The Morgan fingerprint density at radius 1 is 1.14 bits per heavy atom. The molecule has 9 nitrogen and oxygen atoms in total. The van der Waals surface area contributed by atoms with Crippen LogP contribution in [0.4, 0.5) is 5.69 Å². The van der Waals surface area contributed by atoms with Crippen LogP contribution in [0, 0.1) is 5.92 Å². The van der Waals surface area contributed by atoms with Crippen LogP contribution in [0.25, 0.3) is 11.0 Å². The lowest BCUT2D eigenvalue weighted by molar-refractivity contribution is -0.127. The second-order valence-electron chi connectivity index (χ2n) is 8.98. The number of halogens is 1. The molecular weight excluding hydrogens is 492 g/mol. The molecule has 10 heteroatoms. The average molecular weight is 521 g/mol. The number of amides is 2. The maximum atomic E-state index is 14.1. The Bertz CT molecular complexity index is 1380. The molecule has 0 aliphatic rings. The number of pyridine rings is 1. The number of carbonyl (C=O) groups excluding carboxylic acids is 2. The van der Waals surface area contributed by atoms with Crippen LogP contribution in [0.15, 0.2) is 67.0 Å². The summed E-state index contributed by atoms with van der Waals surface area (Å²) in [6.07, 6.45) is 3.99. The van der Waals surface area contributed by atoms with Gasteiger partial charge in [-0.25, -0.2) is 4.68 Å². The molecule has 2 heterocycles. The summed E-state index contributed by atoms with van der Waals surface area (Å²) in [5, 5.41) is 11.7. The zero-order valence-corrected chi connectivity index (χ0v) is 21.7. The van der Waals surface area contributed by atoms with Crippen molar-refractivity contribution in [1.82, 2.24) is 25.3 Å². The predicted octanol–water partition coefficient (Wildman–Crippen LogP) is 4.43. The van der Waals surface area contributed by atoms with Crippen LogP contribution in [0.3, 0.4) is 0 Å². The Balaban J connectivity index is 1.81. The fourth-order valence-corrected chi connectivity index (χ4v) is 4.21. The lowest BCUT2D eigenvalue weighted by Gasteiger charge is -2.32. The van der Waals surface area contributed by atoms with Gasteiger partial charge in [0, 0.05) is 29.5 Å². The maximum absolute atomic E-state index is 14.1. The first kappa shape index (κ1) is 26.1. The quantitative estimate of drug-likeness (QED) is 0.332. The summed E-state index contributed by atoms with van der Waals surface area (Å²) in [5.41, 5.74) is 2.27. The molecule has 0 aliphatic carbocycles. The van der Waals surface area contributed by atoms with Gasteiger partial charge in [-0.05, 0) is 48.7 Å². The van der Waals surface area contributed by atoms with E-state index in [4.69, 9.17) is 16.3 Å². The molecule has 4 rings (SSSR count). The Hall–Kier alpha value is -3.98. The predicted molar refractivity (Wildman–Crippen MR) is 142 cm³/mol. The molecule has 0 saturated carbocycles. The van der Waals surface area contributed by atoms with Crippen molar-refractivity contribution in [3.8, 4) is 5.75 Å². The molecule has 1 atom stereocenters. The summed E-state index contributed by atoms with van der Waals surface area (Å²) in [7, 11) is 1.50. The van der Waals surface area contributed by atoms with E-state index in [9.17, 15) is 9.59 Å². The lowest BCUT2D eigenvalue weighted by Crippen LogP contribution is -2.45. The highest BCUT2D eigenvalue weighted by molar-refractivity contribution is 6.31. The van der Waals surface area contributed by atoms with Crippen LogP contribution >= 0.6 is 11.6 Å². The van der Waals surface area contributed by atoms with Crippen molar-refractivity contribution in [3.63, 3.8) is 0 Å². The summed E-state index contributed by atoms with van der Waals surface area (Å²) in [5.74, 6) is 0.0603. The second-order valence-corrected chi connectivity index (χ2v) is 9.41. The molecule has 0 spiro atoms. The van der Waals surface area contributed by atoms with E-state index in [0.29, 0.717) is 45.5 Å². The zero-order valence-electron chi connectivity index (χ0n) is 21.0. The standard InChI is InChI=1S/C27H29ClN6O3/c1-18(2)12-14-30-27(36)26(19-7-6-13-29-16-19)34(23-15-20(28)10-11-24(23)37-3)25(35)17-33-22-9-5-4-8-21(22)31-32-33/h4-11,13,15-16,18,26H,12,14,17H2,1-3H3,(H,30,36)/t26-/m0/s1. The molecule has 4 aromatic rings. The fourth-order valence-electron chi connectivity index (χ4n) is 4.04. The number of fused-ring (bicyclic) bond motifs is 1.